The fraction of sp³-hybridized carbons (Fsp3) is 0.750. The van der Waals surface area contributed by atoms with Crippen molar-refractivity contribution in [3.63, 3.8) is 0 Å². The Morgan fingerprint density at radius 1 is 0.944 bits per heavy atom. The van der Waals surface area contributed by atoms with Crippen LogP contribution in [0.1, 0.15) is 91.7 Å². The van der Waals surface area contributed by atoms with Crippen LogP contribution in [0.5, 0.6) is 5.75 Å². The molecule has 0 aliphatic heterocycles. The third-order valence-corrected chi connectivity index (χ3v) is 20.4. The summed E-state index contributed by atoms with van der Waals surface area (Å²) in [4.78, 5) is 0. The van der Waals surface area contributed by atoms with Crippen LogP contribution in [-0.2, 0) is 16.3 Å². The van der Waals surface area contributed by atoms with Gasteiger partial charge in [0.1, 0.15) is 5.75 Å². The zero-order chi connectivity index (χ0) is 26.9. The molecule has 5 atom stereocenters. The summed E-state index contributed by atoms with van der Waals surface area (Å²) >= 11 is 0. The Morgan fingerprint density at radius 2 is 1.58 bits per heavy atom. The summed E-state index contributed by atoms with van der Waals surface area (Å²) in [6, 6.07) is 7.05. The molecule has 2 nitrogen and oxygen atoms in total. The molecule has 3 aliphatic rings. The van der Waals surface area contributed by atoms with E-state index in [-0.39, 0.29) is 15.5 Å². The van der Waals surface area contributed by atoms with E-state index in [1.54, 1.807) is 0 Å². The molecule has 2 fully saturated rings. The van der Waals surface area contributed by atoms with Gasteiger partial charge >= 0.3 is 0 Å². The summed E-state index contributed by atoms with van der Waals surface area (Å²) in [7, 11) is -3.62. The molecule has 0 bridgehead atoms. The molecule has 202 valence electrons. The molecule has 4 heteroatoms. The molecular formula is C32H54O2Si2. The minimum absolute atomic E-state index is 0.0964. The summed E-state index contributed by atoms with van der Waals surface area (Å²) in [5.74, 6) is 2.46. The van der Waals surface area contributed by atoms with E-state index in [9.17, 15) is 0 Å². The number of hydrogen-bond acceptors (Lipinski definition) is 2. The van der Waals surface area contributed by atoms with Crippen molar-refractivity contribution in [3.8, 4) is 5.75 Å². The average molecular weight is 527 g/mol. The minimum Gasteiger partial charge on any atom is -0.543 e. The van der Waals surface area contributed by atoms with E-state index in [0.717, 1.165) is 18.1 Å². The van der Waals surface area contributed by atoms with Crippen LogP contribution >= 0.6 is 0 Å². The molecule has 0 N–H and O–H groups in total. The highest BCUT2D eigenvalue weighted by Gasteiger charge is 2.59. The zero-order valence-corrected chi connectivity index (χ0v) is 27.3. The van der Waals surface area contributed by atoms with E-state index in [2.05, 4.69) is 106 Å². The smallest absolute Gasteiger partial charge is 0.250 e. The largest absolute Gasteiger partial charge is 0.543 e. The first-order valence-electron chi connectivity index (χ1n) is 14.5. The Morgan fingerprint density at radius 3 is 2.17 bits per heavy atom. The molecule has 36 heavy (non-hydrogen) atoms. The van der Waals surface area contributed by atoms with Crippen LogP contribution in [0.25, 0.3) is 0 Å². The summed E-state index contributed by atoms with van der Waals surface area (Å²) < 4.78 is 13.7. The Hall–Kier alpha value is -0.846. The van der Waals surface area contributed by atoms with E-state index in [0.29, 0.717) is 17.4 Å². The van der Waals surface area contributed by atoms with Gasteiger partial charge in [-0.3, -0.25) is 0 Å². The van der Waals surface area contributed by atoms with Crippen molar-refractivity contribution >= 4 is 16.6 Å². The van der Waals surface area contributed by atoms with Gasteiger partial charge in [-0.2, -0.15) is 0 Å². The lowest BCUT2D eigenvalue weighted by Gasteiger charge is -2.55. The maximum absolute atomic E-state index is 7.03. The van der Waals surface area contributed by atoms with Crippen molar-refractivity contribution in [3.05, 3.63) is 42.0 Å². The molecule has 0 amide bonds. The predicted molar refractivity (Wildman–Crippen MR) is 160 cm³/mol. The van der Waals surface area contributed by atoms with E-state index in [4.69, 9.17) is 8.85 Å². The molecule has 0 spiro atoms. The van der Waals surface area contributed by atoms with Gasteiger partial charge in [-0.05, 0) is 115 Å². The highest BCUT2D eigenvalue weighted by atomic mass is 28.4. The lowest BCUT2D eigenvalue weighted by atomic mass is 9.49. The number of aryl methyl sites for hydroxylation is 1. The average Bonchev–Trinajstić information content (AvgIpc) is 3.06. The van der Waals surface area contributed by atoms with Gasteiger partial charge in [-0.25, -0.2) is 0 Å². The Balaban J connectivity index is 1.61. The molecule has 0 aromatic heterocycles. The van der Waals surface area contributed by atoms with Crippen molar-refractivity contribution in [1.82, 2.24) is 0 Å². The van der Waals surface area contributed by atoms with Gasteiger partial charge in [0.2, 0.25) is 8.32 Å². The van der Waals surface area contributed by atoms with Gasteiger partial charge in [0, 0.05) is 11.5 Å². The summed E-state index contributed by atoms with van der Waals surface area (Å²) in [5.41, 5.74) is 3.52. The van der Waals surface area contributed by atoms with Crippen molar-refractivity contribution in [1.29, 1.82) is 0 Å². The highest BCUT2D eigenvalue weighted by molar-refractivity contribution is 6.75. The molecule has 0 radical (unpaired) electrons. The van der Waals surface area contributed by atoms with Crippen LogP contribution in [0.2, 0.25) is 36.3 Å². The summed E-state index contributed by atoms with van der Waals surface area (Å²) in [6.45, 7) is 30.6. The van der Waals surface area contributed by atoms with Crippen LogP contribution in [-0.4, -0.2) is 22.7 Å². The lowest BCUT2D eigenvalue weighted by Crippen LogP contribution is -2.49. The maximum Gasteiger partial charge on any atom is 0.250 e. The second kappa shape index (κ2) is 8.84. The van der Waals surface area contributed by atoms with E-state index >= 15 is 0 Å². The van der Waals surface area contributed by atoms with Gasteiger partial charge in [0.15, 0.2) is 8.32 Å². The fourth-order valence-electron chi connectivity index (χ4n) is 7.19. The molecule has 3 aliphatic carbocycles. The minimum atomic E-state index is -1.85. The monoisotopic (exact) mass is 526 g/mol. The van der Waals surface area contributed by atoms with Crippen molar-refractivity contribution in [2.24, 2.45) is 17.3 Å². The van der Waals surface area contributed by atoms with Crippen molar-refractivity contribution in [2.75, 3.05) is 0 Å². The molecule has 0 saturated heterocycles. The Bertz CT molecular complexity index is 998. The third kappa shape index (κ3) is 4.62. The second-order valence-electron chi connectivity index (χ2n) is 15.8. The van der Waals surface area contributed by atoms with Gasteiger partial charge in [0.05, 0.1) is 0 Å². The van der Waals surface area contributed by atoms with Gasteiger partial charge in [-0.1, -0.05) is 60.6 Å². The summed E-state index contributed by atoms with van der Waals surface area (Å²) in [5, 5.41) is 0.468. The van der Waals surface area contributed by atoms with E-state index in [1.165, 1.54) is 43.2 Å². The normalized spacial score (nSPS) is 32.9. The van der Waals surface area contributed by atoms with Crippen LogP contribution in [0.3, 0.4) is 0 Å². The van der Waals surface area contributed by atoms with Crippen molar-refractivity contribution in [2.45, 2.75) is 135 Å². The fourth-order valence-corrected chi connectivity index (χ4v) is 9.58. The van der Waals surface area contributed by atoms with Gasteiger partial charge in [-0.15, -0.1) is 6.58 Å². The number of rotatable bonds is 5. The Labute approximate surface area is 224 Å². The van der Waals surface area contributed by atoms with Crippen molar-refractivity contribution < 1.29 is 8.85 Å². The Kier molecular flexibility index (Phi) is 6.92. The second-order valence-corrected chi connectivity index (χ2v) is 25.3. The first-order chi connectivity index (χ1) is 16.4. The maximum atomic E-state index is 7.03. The number of hydrogen-bond donors (Lipinski definition) is 0. The van der Waals surface area contributed by atoms with Crippen LogP contribution in [0, 0.1) is 17.3 Å². The quantitative estimate of drug-likeness (QED) is 0.281. The summed E-state index contributed by atoms with van der Waals surface area (Å²) in [6.07, 6.45) is 10.1. The van der Waals surface area contributed by atoms with Crippen LogP contribution < -0.4 is 4.43 Å². The SMILES string of the molecule is C=C[C@]12CC[C@]3(C)C[C@H](O[Si](C)(C)C(C)(C)C)C[C@H]3[C@@H]1CCc1cc(O[Si](C)(C)C(C)(C)C)ccc12. The van der Waals surface area contributed by atoms with Crippen LogP contribution in [0.15, 0.2) is 30.9 Å². The van der Waals surface area contributed by atoms with E-state index < -0.39 is 16.6 Å². The molecule has 1 aromatic carbocycles. The zero-order valence-electron chi connectivity index (χ0n) is 25.3. The third-order valence-electron chi connectivity index (χ3n) is 11.5. The van der Waals surface area contributed by atoms with E-state index in [1.807, 2.05) is 0 Å². The predicted octanol–water partition coefficient (Wildman–Crippen LogP) is 9.66. The van der Waals surface area contributed by atoms with Gasteiger partial charge in [0.25, 0.3) is 0 Å². The lowest BCUT2D eigenvalue weighted by molar-refractivity contribution is 0.0277. The van der Waals surface area contributed by atoms with Gasteiger partial charge < -0.3 is 8.85 Å². The molecule has 4 rings (SSSR count). The molecular weight excluding hydrogens is 473 g/mol. The van der Waals surface area contributed by atoms with Crippen LogP contribution in [0.4, 0.5) is 0 Å². The molecule has 0 heterocycles. The topological polar surface area (TPSA) is 18.5 Å². The highest BCUT2D eigenvalue weighted by Crippen LogP contribution is 2.64. The number of allylic oxidation sites excluding steroid dienone is 1. The molecule has 1 aromatic rings. The number of benzene rings is 1. The molecule has 0 unspecified atom stereocenters. The standard InChI is InChI=1S/C32H54O2Si2/c1-13-32-19-18-31(8)22-25(34-36(11,12)30(5,6)7)21-28(31)27(32)16-14-23-20-24(15-17-26(23)32)33-35(9,10)29(2,3)4/h13,15,17,20,25,27-28H,1,14,16,18-19,21-22H2,2-12H3/t25-,27+,28+,31-,32-/m1/s1. The first-order valence-corrected chi connectivity index (χ1v) is 20.3. The molecule has 2 saturated carbocycles. The first kappa shape index (κ1) is 28.2. The number of fused-ring (bicyclic) bond motifs is 5.